The van der Waals surface area contributed by atoms with Crippen LogP contribution in [-0.4, -0.2) is 19.6 Å². The van der Waals surface area contributed by atoms with E-state index >= 15 is 0 Å². The van der Waals surface area contributed by atoms with Crippen LogP contribution in [0.1, 0.15) is 5.56 Å². The Hall–Kier alpha value is -2.70. The molecule has 0 saturated heterocycles. The lowest BCUT2D eigenvalue weighted by atomic mass is 10.1. The molecule has 0 fully saturated rings. The molecule has 2 rings (SSSR count). The Labute approximate surface area is 130 Å². The SMILES string of the molecule is COc1ccc(NC(=O)Cc2ccc(F)cc2)cc1OC(F)F. The summed E-state index contributed by atoms with van der Waals surface area (Å²) < 4.78 is 46.8. The van der Waals surface area contributed by atoms with E-state index in [1.54, 1.807) is 0 Å². The average molecular weight is 325 g/mol. The number of benzene rings is 2. The molecule has 0 spiro atoms. The summed E-state index contributed by atoms with van der Waals surface area (Å²) in [6.45, 7) is -3.01. The van der Waals surface area contributed by atoms with E-state index in [-0.39, 0.29) is 29.5 Å². The fraction of sp³-hybridized carbons (Fsp3) is 0.188. The van der Waals surface area contributed by atoms with Gasteiger partial charge in [-0.05, 0) is 29.8 Å². The Balaban J connectivity index is 2.06. The highest BCUT2D eigenvalue weighted by molar-refractivity contribution is 5.92. The molecule has 0 radical (unpaired) electrons. The molecule has 0 aromatic heterocycles. The fourth-order valence-electron chi connectivity index (χ4n) is 1.94. The van der Waals surface area contributed by atoms with Gasteiger partial charge in [-0.3, -0.25) is 4.79 Å². The highest BCUT2D eigenvalue weighted by Gasteiger charge is 2.12. The predicted octanol–water partition coefficient (Wildman–Crippen LogP) is 3.62. The summed E-state index contributed by atoms with van der Waals surface area (Å²) >= 11 is 0. The lowest BCUT2D eigenvalue weighted by molar-refractivity contribution is -0.115. The van der Waals surface area contributed by atoms with Crippen molar-refractivity contribution in [3.63, 3.8) is 0 Å². The Kier molecular flexibility index (Phi) is 5.46. The van der Waals surface area contributed by atoms with Gasteiger partial charge in [0.05, 0.1) is 13.5 Å². The lowest BCUT2D eigenvalue weighted by Crippen LogP contribution is -2.14. The quantitative estimate of drug-likeness (QED) is 0.882. The van der Waals surface area contributed by atoms with Gasteiger partial charge in [0.15, 0.2) is 11.5 Å². The van der Waals surface area contributed by atoms with Crippen LogP contribution in [0.15, 0.2) is 42.5 Å². The predicted molar refractivity (Wildman–Crippen MR) is 78.4 cm³/mol. The number of hydrogen-bond acceptors (Lipinski definition) is 3. The molecule has 0 aliphatic heterocycles. The van der Waals surface area contributed by atoms with Gasteiger partial charge in [0, 0.05) is 11.8 Å². The summed E-state index contributed by atoms with van der Waals surface area (Å²) in [5.74, 6) is -0.813. The number of carbonyl (C=O) groups is 1. The first-order valence-corrected chi connectivity index (χ1v) is 6.65. The minimum atomic E-state index is -3.01. The molecule has 2 aromatic carbocycles. The number of amides is 1. The van der Waals surface area contributed by atoms with Crippen molar-refractivity contribution in [2.75, 3.05) is 12.4 Å². The molecular weight excluding hydrogens is 311 g/mol. The van der Waals surface area contributed by atoms with Crippen LogP contribution in [0.4, 0.5) is 18.9 Å². The third kappa shape index (κ3) is 4.91. The van der Waals surface area contributed by atoms with Gasteiger partial charge in [0.1, 0.15) is 5.82 Å². The molecule has 1 N–H and O–H groups in total. The van der Waals surface area contributed by atoms with Crippen molar-refractivity contribution in [2.45, 2.75) is 13.0 Å². The van der Waals surface area contributed by atoms with Crippen molar-refractivity contribution in [2.24, 2.45) is 0 Å². The summed E-state index contributed by atoms with van der Waals surface area (Å²) in [5.41, 5.74) is 0.912. The number of carbonyl (C=O) groups excluding carboxylic acids is 1. The van der Waals surface area contributed by atoms with Crippen LogP contribution in [0.2, 0.25) is 0 Å². The van der Waals surface area contributed by atoms with Crippen molar-refractivity contribution >= 4 is 11.6 Å². The maximum absolute atomic E-state index is 12.8. The second kappa shape index (κ2) is 7.53. The summed E-state index contributed by atoms with van der Waals surface area (Å²) in [4.78, 5) is 11.9. The molecule has 0 bridgehead atoms. The Bertz CT molecular complexity index is 675. The highest BCUT2D eigenvalue weighted by atomic mass is 19.3. The molecule has 0 unspecified atom stereocenters. The van der Waals surface area contributed by atoms with Gasteiger partial charge in [-0.1, -0.05) is 12.1 Å². The second-order valence-electron chi connectivity index (χ2n) is 4.60. The van der Waals surface area contributed by atoms with Crippen LogP contribution in [-0.2, 0) is 11.2 Å². The molecule has 23 heavy (non-hydrogen) atoms. The largest absolute Gasteiger partial charge is 0.493 e. The summed E-state index contributed by atoms with van der Waals surface area (Å²) in [6, 6.07) is 9.65. The first kappa shape index (κ1) is 16.7. The van der Waals surface area contributed by atoms with Gasteiger partial charge < -0.3 is 14.8 Å². The highest BCUT2D eigenvalue weighted by Crippen LogP contribution is 2.31. The van der Waals surface area contributed by atoms with Crippen molar-refractivity contribution in [1.82, 2.24) is 0 Å². The van der Waals surface area contributed by atoms with E-state index in [2.05, 4.69) is 10.1 Å². The van der Waals surface area contributed by atoms with Crippen LogP contribution in [0.3, 0.4) is 0 Å². The summed E-state index contributed by atoms with van der Waals surface area (Å²) in [7, 11) is 1.32. The lowest BCUT2D eigenvalue weighted by Gasteiger charge is -2.12. The number of ether oxygens (including phenoxy) is 2. The molecule has 1 amide bonds. The van der Waals surface area contributed by atoms with Crippen LogP contribution in [0.5, 0.6) is 11.5 Å². The minimum Gasteiger partial charge on any atom is -0.493 e. The van der Waals surface area contributed by atoms with E-state index in [9.17, 15) is 18.0 Å². The summed E-state index contributed by atoms with van der Waals surface area (Å²) in [6.07, 6.45) is 0.0251. The number of anilines is 1. The zero-order valence-electron chi connectivity index (χ0n) is 12.2. The molecule has 4 nitrogen and oxygen atoms in total. The van der Waals surface area contributed by atoms with Gasteiger partial charge in [-0.25, -0.2) is 4.39 Å². The van der Waals surface area contributed by atoms with E-state index in [4.69, 9.17) is 4.74 Å². The molecule has 2 aromatic rings. The van der Waals surface area contributed by atoms with Crippen LogP contribution in [0, 0.1) is 5.82 Å². The Morgan fingerprint density at radius 2 is 1.83 bits per heavy atom. The average Bonchev–Trinajstić information content (AvgIpc) is 2.49. The summed E-state index contributed by atoms with van der Waals surface area (Å²) in [5, 5.41) is 2.56. The van der Waals surface area contributed by atoms with E-state index in [1.807, 2.05) is 0 Å². The zero-order valence-corrected chi connectivity index (χ0v) is 12.2. The number of halogens is 3. The smallest absolute Gasteiger partial charge is 0.387 e. The monoisotopic (exact) mass is 325 g/mol. The number of methoxy groups -OCH3 is 1. The fourth-order valence-corrected chi connectivity index (χ4v) is 1.94. The first-order valence-electron chi connectivity index (χ1n) is 6.65. The second-order valence-corrected chi connectivity index (χ2v) is 4.60. The van der Waals surface area contributed by atoms with Gasteiger partial charge in [-0.2, -0.15) is 8.78 Å². The molecule has 0 heterocycles. The normalized spacial score (nSPS) is 10.5. The first-order chi connectivity index (χ1) is 11.0. The maximum Gasteiger partial charge on any atom is 0.387 e. The molecule has 0 saturated carbocycles. The van der Waals surface area contributed by atoms with E-state index in [1.165, 1.54) is 49.6 Å². The zero-order chi connectivity index (χ0) is 16.8. The van der Waals surface area contributed by atoms with Gasteiger partial charge in [0.2, 0.25) is 5.91 Å². The van der Waals surface area contributed by atoms with Crippen molar-refractivity contribution in [1.29, 1.82) is 0 Å². The Morgan fingerprint density at radius 3 is 2.43 bits per heavy atom. The van der Waals surface area contributed by atoms with Gasteiger partial charge in [0.25, 0.3) is 0 Å². The topological polar surface area (TPSA) is 47.6 Å². The number of nitrogens with one attached hydrogen (secondary N) is 1. The third-order valence-electron chi connectivity index (χ3n) is 2.94. The van der Waals surface area contributed by atoms with Crippen molar-refractivity contribution in [3.05, 3.63) is 53.8 Å². The minimum absolute atomic E-state index is 0.0251. The van der Waals surface area contributed by atoms with Crippen LogP contribution in [0.25, 0.3) is 0 Å². The van der Waals surface area contributed by atoms with E-state index < -0.39 is 12.4 Å². The van der Waals surface area contributed by atoms with Crippen molar-refractivity contribution < 1.29 is 27.4 Å². The number of alkyl halides is 2. The maximum atomic E-state index is 12.8. The van der Waals surface area contributed by atoms with Gasteiger partial charge >= 0.3 is 6.61 Å². The third-order valence-corrected chi connectivity index (χ3v) is 2.94. The molecule has 0 aliphatic rings. The molecular formula is C16H14F3NO3. The van der Waals surface area contributed by atoms with E-state index in [0.717, 1.165) is 0 Å². The molecule has 122 valence electrons. The van der Waals surface area contributed by atoms with Crippen molar-refractivity contribution in [3.8, 4) is 11.5 Å². The van der Waals surface area contributed by atoms with Crippen LogP contribution < -0.4 is 14.8 Å². The molecule has 0 atom stereocenters. The van der Waals surface area contributed by atoms with E-state index in [0.29, 0.717) is 5.56 Å². The van der Waals surface area contributed by atoms with Crippen LogP contribution >= 0.6 is 0 Å². The Morgan fingerprint density at radius 1 is 1.13 bits per heavy atom. The standard InChI is InChI=1S/C16H14F3NO3/c1-22-13-7-6-12(9-14(13)23-16(18)19)20-15(21)8-10-2-4-11(17)5-3-10/h2-7,9,16H,8H2,1H3,(H,20,21). The molecule has 7 heteroatoms. The number of rotatable bonds is 6. The number of hydrogen-bond donors (Lipinski definition) is 1. The molecule has 0 aliphatic carbocycles. The van der Waals surface area contributed by atoms with Gasteiger partial charge in [-0.15, -0.1) is 0 Å².